The van der Waals surface area contributed by atoms with Crippen molar-refractivity contribution in [2.45, 2.75) is 57.0 Å². The van der Waals surface area contributed by atoms with Crippen LogP contribution >= 0.6 is 12.4 Å². The quantitative estimate of drug-likeness (QED) is 0.411. The number of hydrogen-bond acceptors (Lipinski definition) is 5. The number of rotatable bonds is 6. The molecule has 0 spiro atoms. The summed E-state index contributed by atoms with van der Waals surface area (Å²) in [6, 6.07) is -0.484. The topological polar surface area (TPSA) is 105 Å². The Hall–Kier alpha value is -2.84. The molecule has 210 valence electrons. The van der Waals surface area contributed by atoms with Crippen LogP contribution < -0.4 is 5.73 Å². The van der Waals surface area contributed by atoms with E-state index >= 15 is 0 Å². The summed E-state index contributed by atoms with van der Waals surface area (Å²) in [5.41, 5.74) is 5.20. The second-order valence-corrected chi connectivity index (χ2v) is 9.20. The van der Waals surface area contributed by atoms with Crippen molar-refractivity contribution in [3.63, 3.8) is 0 Å². The van der Waals surface area contributed by atoms with Gasteiger partial charge >= 0.3 is 6.18 Å². The van der Waals surface area contributed by atoms with E-state index in [4.69, 9.17) is 5.73 Å². The van der Waals surface area contributed by atoms with E-state index in [1.54, 1.807) is 0 Å². The zero-order chi connectivity index (χ0) is 27.1. The summed E-state index contributed by atoms with van der Waals surface area (Å²) in [5.74, 6) is -6.21. The van der Waals surface area contributed by atoms with Crippen molar-refractivity contribution in [2.75, 3.05) is 19.7 Å². The largest absolute Gasteiger partial charge is 0.449 e. The van der Waals surface area contributed by atoms with Crippen LogP contribution in [0.25, 0.3) is 0 Å². The van der Waals surface area contributed by atoms with Gasteiger partial charge in [-0.05, 0) is 30.9 Å². The minimum absolute atomic E-state index is 0. The number of amides is 2. The maximum atomic E-state index is 13.9. The van der Waals surface area contributed by atoms with Gasteiger partial charge in [-0.2, -0.15) is 13.2 Å². The van der Waals surface area contributed by atoms with Gasteiger partial charge in [0.2, 0.25) is 11.7 Å². The lowest BCUT2D eigenvalue weighted by atomic mass is 10.0. The smallest absolute Gasteiger partial charge is 0.394 e. The number of hydrogen-bond donors (Lipinski definition) is 2. The molecule has 1 fully saturated rings. The number of nitrogens with zero attached hydrogens (tertiary/aromatic N) is 4. The highest BCUT2D eigenvalue weighted by molar-refractivity contribution is 5.94. The average Bonchev–Trinajstić information content (AvgIpc) is 3.46. The fourth-order valence-electron chi connectivity index (χ4n) is 4.83. The molecule has 15 heteroatoms. The molecule has 2 aliphatic rings. The van der Waals surface area contributed by atoms with E-state index in [0.29, 0.717) is 25.0 Å². The third-order valence-electron chi connectivity index (χ3n) is 6.67. The number of aliphatic hydroxyl groups excluding tert-OH is 1. The number of halogens is 7. The van der Waals surface area contributed by atoms with Crippen molar-refractivity contribution in [1.29, 1.82) is 0 Å². The summed E-state index contributed by atoms with van der Waals surface area (Å²) in [6.07, 6.45) is -4.37. The fourth-order valence-corrected chi connectivity index (χ4v) is 4.83. The molecule has 0 saturated carbocycles. The van der Waals surface area contributed by atoms with Gasteiger partial charge in [-0.15, -0.1) is 12.4 Å². The zero-order valence-electron chi connectivity index (χ0n) is 20.0. The zero-order valence-corrected chi connectivity index (χ0v) is 20.8. The average molecular weight is 570 g/mol. The standard InChI is InChI=1S/C23H25F6N5O3.ClH/c24-15-9-17(26)16(25)7-12(15)6-13(30)8-19(36)32-4-5-34-18(10-32)20(31-22(34)23(27,28)29)21(37)33-3-1-2-14(33)11-35;/h7,9,13-14,35H,1-6,8,10-11,30H2;1H/t13-,14+;/m1./s1. The van der Waals surface area contributed by atoms with E-state index in [9.17, 15) is 41.0 Å². The maximum absolute atomic E-state index is 13.9. The summed E-state index contributed by atoms with van der Waals surface area (Å²) in [4.78, 5) is 32.1. The molecule has 3 N–H and O–H groups in total. The highest BCUT2D eigenvalue weighted by atomic mass is 35.5. The van der Waals surface area contributed by atoms with Gasteiger partial charge in [0.25, 0.3) is 5.91 Å². The molecule has 2 aromatic rings. The molecule has 2 atom stereocenters. The Balaban J connectivity index is 0.00000400. The lowest BCUT2D eigenvalue weighted by Crippen LogP contribution is -2.43. The predicted molar refractivity (Wildman–Crippen MR) is 124 cm³/mol. The Morgan fingerprint density at radius 2 is 1.79 bits per heavy atom. The van der Waals surface area contributed by atoms with E-state index < -0.39 is 59.0 Å². The fraction of sp³-hybridized carbons (Fsp3) is 0.522. The lowest BCUT2D eigenvalue weighted by Gasteiger charge is -2.31. The van der Waals surface area contributed by atoms with Gasteiger partial charge in [0.15, 0.2) is 17.3 Å². The first-order valence-electron chi connectivity index (χ1n) is 11.7. The van der Waals surface area contributed by atoms with Crippen molar-refractivity contribution >= 4 is 24.2 Å². The van der Waals surface area contributed by atoms with E-state index in [1.807, 2.05) is 0 Å². The second-order valence-electron chi connectivity index (χ2n) is 9.20. The summed E-state index contributed by atoms with van der Waals surface area (Å²) in [6.45, 7) is -0.807. The van der Waals surface area contributed by atoms with Crippen molar-refractivity contribution in [1.82, 2.24) is 19.4 Å². The van der Waals surface area contributed by atoms with Crippen LogP contribution in [0.2, 0.25) is 0 Å². The Kier molecular flexibility index (Phi) is 8.99. The third kappa shape index (κ3) is 5.91. The molecular formula is C23H26ClF6N5O3. The maximum Gasteiger partial charge on any atom is 0.449 e. The molecule has 1 saturated heterocycles. The van der Waals surface area contributed by atoms with Crippen molar-refractivity contribution in [3.05, 3.63) is 52.4 Å². The molecule has 4 rings (SSSR count). The number of likely N-dealkylation sites (tertiary alicyclic amines) is 1. The summed E-state index contributed by atoms with van der Waals surface area (Å²) in [7, 11) is 0. The summed E-state index contributed by atoms with van der Waals surface area (Å²) >= 11 is 0. The van der Waals surface area contributed by atoms with Crippen molar-refractivity contribution in [3.8, 4) is 0 Å². The first-order chi connectivity index (χ1) is 17.4. The Morgan fingerprint density at radius 3 is 2.45 bits per heavy atom. The summed E-state index contributed by atoms with van der Waals surface area (Å²) < 4.78 is 82.4. The van der Waals surface area contributed by atoms with Gasteiger partial charge in [0.1, 0.15) is 5.82 Å². The van der Waals surface area contributed by atoms with Crippen LogP contribution in [0.3, 0.4) is 0 Å². The molecule has 3 heterocycles. The first-order valence-corrected chi connectivity index (χ1v) is 11.7. The van der Waals surface area contributed by atoms with Crippen LogP contribution in [0.4, 0.5) is 26.3 Å². The SMILES string of the molecule is Cl.N[C@@H](CC(=O)N1CCn2c(C(F)(F)F)nc(C(=O)N3CCC[C@H]3CO)c2C1)Cc1cc(F)c(F)cc1F. The number of aromatic nitrogens is 2. The van der Waals surface area contributed by atoms with E-state index in [0.717, 1.165) is 4.57 Å². The van der Waals surface area contributed by atoms with E-state index in [2.05, 4.69) is 4.98 Å². The van der Waals surface area contributed by atoms with Crippen molar-refractivity contribution < 1.29 is 41.0 Å². The normalized spacial score (nSPS) is 18.3. The van der Waals surface area contributed by atoms with Gasteiger partial charge < -0.3 is 25.2 Å². The van der Waals surface area contributed by atoms with Crippen LogP contribution in [-0.4, -0.2) is 68.1 Å². The van der Waals surface area contributed by atoms with Gasteiger partial charge in [0, 0.05) is 38.2 Å². The second kappa shape index (κ2) is 11.5. The highest BCUT2D eigenvalue weighted by Gasteiger charge is 2.43. The van der Waals surface area contributed by atoms with Gasteiger partial charge in [-0.25, -0.2) is 18.2 Å². The molecule has 8 nitrogen and oxygen atoms in total. The predicted octanol–water partition coefficient (Wildman–Crippen LogP) is 2.64. The number of fused-ring (bicyclic) bond motifs is 1. The molecular weight excluding hydrogens is 544 g/mol. The number of nitrogens with two attached hydrogens (primary N) is 1. The number of carbonyl (C=O) groups excluding carboxylic acids is 2. The monoisotopic (exact) mass is 569 g/mol. The number of alkyl halides is 3. The molecule has 0 aliphatic carbocycles. The first kappa shape index (κ1) is 29.7. The number of aliphatic hydroxyl groups is 1. The van der Waals surface area contributed by atoms with Gasteiger partial charge in [0.05, 0.1) is 24.9 Å². The number of imidazole rings is 1. The molecule has 1 aromatic carbocycles. The molecule has 2 aliphatic heterocycles. The van der Waals surface area contributed by atoms with Crippen LogP contribution in [-0.2, 0) is 30.5 Å². The molecule has 2 amide bonds. The van der Waals surface area contributed by atoms with Crippen LogP contribution in [0, 0.1) is 17.5 Å². The van der Waals surface area contributed by atoms with E-state index in [1.165, 1.54) is 9.80 Å². The summed E-state index contributed by atoms with van der Waals surface area (Å²) in [5, 5.41) is 9.53. The minimum Gasteiger partial charge on any atom is -0.394 e. The Bertz CT molecular complexity index is 1210. The Labute approximate surface area is 219 Å². The number of carbonyl (C=O) groups is 2. The highest BCUT2D eigenvalue weighted by Crippen LogP contribution is 2.33. The van der Waals surface area contributed by atoms with Gasteiger partial charge in [-0.3, -0.25) is 9.59 Å². The lowest BCUT2D eigenvalue weighted by molar-refractivity contribution is -0.148. The molecule has 38 heavy (non-hydrogen) atoms. The van der Waals surface area contributed by atoms with Crippen molar-refractivity contribution in [2.24, 2.45) is 5.73 Å². The molecule has 1 aromatic heterocycles. The molecule has 0 unspecified atom stereocenters. The van der Waals surface area contributed by atoms with E-state index in [-0.39, 0.29) is 69.3 Å². The van der Waals surface area contributed by atoms with Crippen LogP contribution in [0.1, 0.15) is 46.8 Å². The van der Waals surface area contributed by atoms with Crippen LogP contribution in [0.15, 0.2) is 12.1 Å². The molecule has 0 bridgehead atoms. The molecule has 0 radical (unpaired) electrons. The van der Waals surface area contributed by atoms with Gasteiger partial charge in [-0.1, -0.05) is 0 Å². The number of benzene rings is 1. The Morgan fingerprint density at radius 1 is 1.11 bits per heavy atom. The van der Waals surface area contributed by atoms with Crippen LogP contribution in [0.5, 0.6) is 0 Å². The minimum atomic E-state index is -4.84. The third-order valence-corrected chi connectivity index (χ3v) is 6.67.